The van der Waals surface area contributed by atoms with E-state index in [-0.39, 0.29) is 6.61 Å². The molecule has 0 spiro atoms. The summed E-state index contributed by atoms with van der Waals surface area (Å²) in [6.45, 7) is -0.769. The molecule has 0 aromatic heterocycles. The van der Waals surface area contributed by atoms with E-state index in [1.807, 2.05) is 0 Å². The molecule has 3 aliphatic rings. The van der Waals surface area contributed by atoms with Gasteiger partial charge in [0.15, 0.2) is 12.6 Å². The van der Waals surface area contributed by atoms with Crippen LogP contribution in [-0.2, 0) is 28.5 Å². The second-order valence-electron chi connectivity index (χ2n) is 7.04. The van der Waals surface area contributed by atoms with Gasteiger partial charge in [0.05, 0.1) is 13.2 Å². The van der Waals surface area contributed by atoms with Gasteiger partial charge < -0.3 is 64.5 Å². The lowest BCUT2D eigenvalue weighted by Crippen LogP contribution is -2.61. The summed E-state index contributed by atoms with van der Waals surface area (Å²) in [6, 6.07) is 0. The van der Waals surface area contributed by atoms with Crippen molar-refractivity contribution in [2.45, 2.75) is 67.7 Å². The molecular weight excluding hydrogens is 416 g/mol. The predicted octanol–water partition coefficient (Wildman–Crippen LogP) is -5.05. The van der Waals surface area contributed by atoms with Gasteiger partial charge in [-0.1, -0.05) is 0 Å². The molecule has 0 amide bonds. The van der Waals surface area contributed by atoms with Gasteiger partial charge in [-0.3, -0.25) is 0 Å². The fraction of sp³-hybridized carbons (Fsp3) is 0.812. The quantitative estimate of drug-likeness (QED) is 0.200. The number of hydrogen-bond acceptors (Lipinski definition) is 13. The number of carbonyl (C=O) groups is 1. The van der Waals surface area contributed by atoms with Crippen molar-refractivity contribution in [3.05, 3.63) is 11.8 Å². The highest BCUT2D eigenvalue weighted by Crippen LogP contribution is 2.28. The van der Waals surface area contributed by atoms with E-state index < -0.39 is 86.0 Å². The molecule has 14 heteroatoms. The van der Waals surface area contributed by atoms with E-state index in [4.69, 9.17) is 28.8 Å². The zero-order valence-corrected chi connectivity index (χ0v) is 15.4. The third kappa shape index (κ3) is 4.74. The van der Waals surface area contributed by atoms with Gasteiger partial charge in [-0.2, -0.15) is 0 Å². The molecule has 0 saturated carbocycles. The molecule has 172 valence electrons. The number of ether oxygens (including phenoxy) is 5. The van der Waals surface area contributed by atoms with Crippen LogP contribution >= 0.6 is 0 Å². The van der Waals surface area contributed by atoms with Crippen molar-refractivity contribution < 1.29 is 69.3 Å². The Hall–Kier alpha value is -1.43. The topological polar surface area (TPSA) is 225 Å². The second kappa shape index (κ2) is 9.37. The van der Waals surface area contributed by atoms with Crippen LogP contribution in [0.25, 0.3) is 0 Å². The van der Waals surface area contributed by atoms with Crippen molar-refractivity contribution in [1.29, 1.82) is 0 Å². The van der Waals surface area contributed by atoms with Crippen molar-refractivity contribution in [3.63, 3.8) is 0 Å². The number of aliphatic carboxylic acids is 1. The SMILES string of the molecule is O=C(O)C1=C[C@@H](O)[C@H](O)[C@@H](O[C@H]2[C@H](O[C@@H]3CO[C@@H](O)[C@H](O)[C@H]3O)OC[C@@H](O)[C@@H]2O)O1. The first-order valence-corrected chi connectivity index (χ1v) is 9.02. The molecule has 3 heterocycles. The van der Waals surface area contributed by atoms with Gasteiger partial charge in [0.2, 0.25) is 12.0 Å². The molecule has 3 rings (SSSR count). The number of aliphatic hydroxyl groups excluding tert-OH is 7. The maximum Gasteiger partial charge on any atom is 0.371 e. The molecule has 0 aliphatic carbocycles. The van der Waals surface area contributed by atoms with Crippen LogP contribution in [-0.4, -0.2) is 128 Å². The molecule has 0 aromatic carbocycles. The molecular formula is C16H24O14. The Labute approximate surface area is 169 Å². The summed E-state index contributed by atoms with van der Waals surface area (Å²) < 4.78 is 26.0. The van der Waals surface area contributed by atoms with Crippen molar-refractivity contribution in [2.75, 3.05) is 13.2 Å². The lowest BCUT2D eigenvalue weighted by Gasteiger charge is -2.43. The van der Waals surface area contributed by atoms with Crippen LogP contribution in [0.4, 0.5) is 0 Å². The molecule has 3 aliphatic heterocycles. The molecule has 0 unspecified atom stereocenters. The Balaban J connectivity index is 1.74. The third-order valence-electron chi connectivity index (χ3n) is 4.89. The van der Waals surface area contributed by atoms with Crippen LogP contribution in [0.5, 0.6) is 0 Å². The third-order valence-corrected chi connectivity index (χ3v) is 4.89. The Bertz CT molecular complexity index is 641. The van der Waals surface area contributed by atoms with Crippen LogP contribution < -0.4 is 0 Å². The van der Waals surface area contributed by atoms with Gasteiger partial charge in [-0.25, -0.2) is 4.79 Å². The average Bonchev–Trinajstić information content (AvgIpc) is 2.70. The smallest absolute Gasteiger partial charge is 0.371 e. The van der Waals surface area contributed by atoms with Crippen molar-refractivity contribution >= 4 is 5.97 Å². The first-order valence-electron chi connectivity index (χ1n) is 9.02. The van der Waals surface area contributed by atoms with E-state index in [9.17, 15) is 40.5 Å². The molecule has 11 atom stereocenters. The highest BCUT2D eigenvalue weighted by molar-refractivity contribution is 5.84. The monoisotopic (exact) mass is 440 g/mol. The minimum Gasteiger partial charge on any atom is -0.475 e. The van der Waals surface area contributed by atoms with Crippen LogP contribution in [0.3, 0.4) is 0 Å². The highest BCUT2D eigenvalue weighted by Gasteiger charge is 2.48. The largest absolute Gasteiger partial charge is 0.475 e. The first-order chi connectivity index (χ1) is 14.1. The number of aliphatic hydroxyl groups is 7. The van der Waals surface area contributed by atoms with Crippen LogP contribution in [0, 0.1) is 0 Å². The molecule has 0 aromatic rings. The van der Waals surface area contributed by atoms with E-state index in [2.05, 4.69) is 0 Å². The van der Waals surface area contributed by atoms with E-state index in [1.54, 1.807) is 0 Å². The van der Waals surface area contributed by atoms with E-state index in [0.717, 1.165) is 6.08 Å². The average molecular weight is 440 g/mol. The van der Waals surface area contributed by atoms with E-state index in [1.165, 1.54) is 0 Å². The van der Waals surface area contributed by atoms with Crippen molar-refractivity contribution in [1.82, 2.24) is 0 Å². The number of rotatable bonds is 5. The summed E-state index contributed by atoms with van der Waals surface area (Å²) in [6.07, 6.45) is -16.8. The lowest BCUT2D eigenvalue weighted by atomic mass is 10.0. The van der Waals surface area contributed by atoms with Crippen LogP contribution in [0.15, 0.2) is 11.8 Å². The molecule has 2 saturated heterocycles. The van der Waals surface area contributed by atoms with Crippen LogP contribution in [0.1, 0.15) is 0 Å². The number of carboxylic acids is 1. The predicted molar refractivity (Wildman–Crippen MR) is 88.1 cm³/mol. The van der Waals surface area contributed by atoms with Gasteiger partial charge in [-0.05, 0) is 6.08 Å². The van der Waals surface area contributed by atoms with Crippen molar-refractivity contribution in [3.8, 4) is 0 Å². The Morgan fingerprint density at radius 1 is 0.867 bits per heavy atom. The van der Waals surface area contributed by atoms with Crippen molar-refractivity contribution in [2.24, 2.45) is 0 Å². The van der Waals surface area contributed by atoms with Gasteiger partial charge in [0, 0.05) is 0 Å². The minimum atomic E-state index is -1.78. The Morgan fingerprint density at radius 2 is 1.57 bits per heavy atom. The van der Waals surface area contributed by atoms with Gasteiger partial charge in [0.25, 0.3) is 0 Å². The number of hydrogen-bond donors (Lipinski definition) is 8. The zero-order valence-electron chi connectivity index (χ0n) is 15.4. The standard InChI is InChI=1S/C16H24O14/c17-4-1-6(13(23)24)28-15(9(4)20)30-12-8(19)5(18)2-27-16(12)29-7-3-26-14(25)11(22)10(7)21/h1,4-5,7-12,14-22,25H,2-3H2,(H,23,24)/t4-,5-,7-,8+,9+,10+,11-,12-,14-,15-,16+/m1/s1. The van der Waals surface area contributed by atoms with E-state index >= 15 is 0 Å². The fourth-order valence-electron chi connectivity index (χ4n) is 3.13. The lowest BCUT2D eigenvalue weighted by molar-refractivity contribution is -0.350. The van der Waals surface area contributed by atoms with Crippen LogP contribution in [0.2, 0.25) is 0 Å². The Kier molecular flexibility index (Phi) is 7.26. The second-order valence-corrected chi connectivity index (χ2v) is 7.04. The molecule has 30 heavy (non-hydrogen) atoms. The maximum atomic E-state index is 11.1. The van der Waals surface area contributed by atoms with Gasteiger partial charge >= 0.3 is 5.97 Å². The summed E-state index contributed by atoms with van der Waals surface area (Å²) in [5, 5.41) is 78.2. The van der Waals surface area contributed by atoms with Gasteiger partial charge in [0.1, 0.15) is 48.8 Å². The molecule has 8 N–H and O–H groups in total. The number of carboxylic acid groups (broad SMARTS) is 1. The minimum absolute atomic E-state index is 0.363. The molecule has 0 radical (unpaired) electrons. The maximum absolute atomic E-state index is 11.1. The Morgan fingerprint density at radius 3 is 2.23 bits per heavy atom. The fourth-order valence-corrected chi connectivity index (χ4v) is 3.13. The van der Waals surface area contributed by atoms with E-state index in [0.29, 0.717) is 0 Å². The normalized spacial score (nSPS) is 47.3. The first kappa shape index (κ1) is 23.2. The molecule has 2 fully saturated rings. The summed E-state index contributed by atoms with van der Waals surface area (Å²) in [7, 11) is 0. The highest BCUT2D eigenvalue weighted by atomic mass is 16.8. The summed E-state index contributed by atoms with van der Waals surface area (Å²) in [5.74, 6) is -2.26. The summed E-state index contributed by atoms with van der Waals surface area (Å²) in [5.41, 5.74) is 0. The molecule has 14 nitrogen and oxygen atoms in total. The summed E-state index contributed by atoms with van der Waals surface area (Å²) in [4.78, 5) is 11.1. The van der Waals surface area contributed by atoms with Gasteiger partial charge in [-0.15, -0.1) is 0 Å². The zero-order chi connectivity index (χ0) is 22.2. The molecule has 0 bridgehead atoms. The summed E-state index contributed by atoms with van der Waals surface area (Å²) >= 11 is 0.